The Morgan fingerprint density at radius 3 is 2.32 bits per heavy atom. The molecule has 0 radical (unpaired) electrons. The second kappa shape index (κ2) is 6.69. The molecule has 0 spiro atoms. The van der Waals surface area contributed by atoms with Crippen molar-refractivity contribution in [3.8, 4) is 0 Å². The van der Waals surface area contributed by atoms with Crippen molar-refractivity contribution in [3.63, 3.8) is 0 Å². The molecule has 0 atom stereocenters. The van der Waals surface area contributed by atoms with E-state index in [1.165, 1.54) is 11.9 Å². The molecule has 2 heterocycles. The number of hydrogen-bond donors (Lipinski definition) is 0. The fourth-order valence-electron chi connectivity index (χ4n) is 2.48. The first-order valence-electron chi connectivity index (χ1n) is 7.57. The van der Waals surface area contributed by atoms with Gasteiger partial charge in [-0.3, -0.25) is 18.7 Å². The maximum Gasteiger partial charge on any atom is 0.433 e. The van der Waals surface area contributed by atoms with Gasteiger partial charge in [0.2, 0.25) is 5.91 Å². The average molecular weight is 358 g/mol. The quantitative estimate of drug-likeness (QED) is 0.816. The summed E-state index contributed by atoms with van der Waals surface area (Å²) in [7, 11) is 1.20. The van der Waals surface area contributed by atoms with E-state index in [1.807, 2.05) is 0 Å². The minimum atomic E-state index is -4.70. The number of rotatable bonds is 4. The number of aromatic nitrogens is 3. The summed E-state index contributed by atoms with van der Waals surface area (Å²) in [4.78, 5) is 41.8. The molecular formula is C15H17F3N4O3. The Bertz CT molecular complexity index is 926. The SMILES string of the molecule is CCN(CC)C(=O)Cn1c(=O)c2ccc(C(F)(F)F)nc2n(C)c1=O. The van der Waals surface area contributed by atoms with Gasteiger partial charge in [-0.25, -0.2) is 9.78 Å². The number of carbonyl (C=O) groups excluding carboxylic acids is 1. The molecule has 0 N–H and O–H groups in total. The topological polar surface area (TPSA) is 77.2 Å². The zero-order valence-electron chi connectivity index (χ0n) is 13.9. The van der Waals surface area contributed by atoms with Crippen molar-refractivity contribution in [2.75, 3.05) is 13.1 Å². The maximum absolute atomic E-state index is 12.8. The average Bonchev–Trinajstić information content (AvgIpc) is 2.56. The van der Waals surface area contributed by atoms with Crippen molar-refractivity contribution in [2.24, 2.45) is 7.05 Å². The summed E-state index contributed by atoms with van der Waals surface area (Å²) >= 11 is 0. The molecule has 2 aromatic rings. The number of amides is 1. The summed E-state index contributed by atoms with van der Waals surface area (Å²) in [5.74, 6) is -0.427. The number of nitrogens with zero attached hydrogens (tertiary/aromatic N) is 4. The zero-order chi connectivity index (χ0) is 18.9. The van der Waals surface area contributed by atoms with Gasteiger partial charge < -0.3 is 4.90 Å². The molecular weight excluding hydrogens is 341 g/mol. The molecule has 2 rings (SSSR count). The highest BCUT2D eigenvalue weighted by Crippen LogP contribution is 2.28. The Hall–Kier alpha value is -2.65. The summed E-state index contributed by atoms with van der Waals surface area (Å²) in [6, 6.07) is 1.63. The normalized spacial score (nSPS) is 11.8. The first-order chi connectivity index (χ1) is 11.6. The van der Waals surface area contributed by atoms with E-state index in [0.717, 1.165) is 10.6 Å². The Kier molecular flexibility index (Phi) is 5.00. The van der Waals surface area contributed by atoms with Gasteiger partial charge in [0.1, 0.15) is 17.9 Å². The lowest BCUT2D eigenvalue weighted by Gasteiger charge is -2.19. The Balaban J connectivity index is 2.64. The largest absolute Gasteiger partial charge is 0.433 e. The van der Waals surface area contributed by atoms with Gasteiger partial charge in [-0.15, -0.1) is 0 Å². The summed E-state index contributed by atoms with van der Waals surface area (Å²) in [6.45, 7) is 3.85. The van der Waals surface area contributed by atoms with Crippen LogP contribution in [0.2, 0.25) is 0 Å². The number of hydrogen-bond acceptors (Lipinski definition) is 4. The van der Waals surface area contributed by atoms with E-state index < -0.39 is 35.6 Å². The summed E-state index contributed by atoms with van der Waals surface area (Å²) in [5.41, 5.74) is -3.33. The van der Waals surface area contributed by atoms with E-state index in [9.17, 15) is 27.6 Å². The van der Waals surface area contributed by atoms with Crippen molar-refractivity contribution < 1.29 is 18.0 Å². The van der Waals surface area contributed by atoms with Crippen LogP contribution in [-0.2, 0) is 24.6 Å². The zero-order valence-corrected chi connectivity index (χ0v) is 13.9. The molecule has 7 nitrogen and oxygen atoms in total. The van der Waals surface area contributed by atoms with E-state index in [2.05, 4.69) is 4.98 Å². The monoisotopic (exact) mass is 358 g/mol. The van der Waals surface area contributed by atoms with E-state index in [-0.39, 0.29) is 11.0 Å². The van der Waals surface area contributed by atoms with Crippen molar-refractivity contribution in [1.29, 1.82) is 0 Å². The van der Waals surface area contributed by atoms with Gasteiger partial charge in [0.25, 0.3) is 5.56 Å². The van der Waals surface area contributed by atoms with Crippen LogP contribution >= 0.6 is 0 Å². The van der Waals surface area contributed by atoms with Crippen molar-refractivity contribution in [3.05, 3.63) is 38.7 Å². The summed E-state index contributed by atoms with van der Waals surface area (Å²) in [6.07, 6.45) is -4.70. The molecule has 25 heavy (non-hydrogen) atoms. The van der Waals surface area contributed by atoms with E-state index >= 15 is 0 Å². The fraction of sp³-hybridized carbons (Fsp3) is 0.467. The molecule has 0 aromatic carbocycles. The highest BCUT2D eigenvalue weighted by atomic mass is 19.4. The molecule has 0 aliphatic heterocycles. The van der Waals surface area contributed by atoms with Crippen LogP contribution in [0.25, 0.3) is 11.0 Å². The minimum Gasteiger partial charge on any atom is -0.342 e. The summed E-state index contributed by atoms with van der Waals surface area (Å²) in [5, 5.41) is -0.164. The highest BCUT2D eigenvalue weighted by molar-refractivity contribution is 5.77. The third kappa shape index (κ3) is 3.42. The molecule has 0 fully saturated rings. The Labute approximate surface area is 140 Å². The van der Waals surface area contributed by atoms with Crippen molar-refractivity contribution in [2.45, 2.75) is 26.6 Å². The second-order valence-corrected chi connectivity index (χ2v) is 5.36. The van der Waals surface area contributed by atoms with E-state index in [0.29, 0.717) is 23.7 Å². The Morgan fingerprint density at radius 2 is 1.80 bits per heavy atom. The van der Waals surface area contributed by atoms with Crippen LogP contribution < -0.4 is 11.2 Å². The third-order valence-electron chi connectivity index (χ3n) is 3.89. The number of fused-ring (bicyclic) bond motifs is 1. The van der Waals surface area contributed by atoms with Crippen LogP contribution in [0.4, 0.5) is 13.2 Å². The van der Waals surface area contributed by atoms with Gasteiger partial charge in [0.05, 0.1) is 5.39 Å². The molecule has 0 aliphatic rings. The number of pyridine rings is 1. The van der Waals surface area contributed by atoms with E-state index in [4.69, 9.17) is 0 Å². The van der Waals surface area contributed by atoms with Crippen LogP contribution in [0.15, 0.2) is 21.7 Å². The molecule has 0 saturated carbocycles. The molecule has 0 unspecified atom stereocenters. The molecule has 0 bridgehead atoms. The standard InChI is InChI=1S/C15H17F3N4O3/c1-4-21(5-2)11(23)8-22-13(24)9-6-7-10(15(16,17)18)19-12(9)20(3)14(22)25/h6-7H,4-5,8H2,1-3H3. The number of halogens is 3. The minimum absolute atomic E-state index is 0.164. The maximum atomic E-state index is 12.8. The molecule has 136 valence electrons. The summed E-state index contributed by atoms with van der Waals surface area (Å²) < 4.78 is 39.9. The molecule has 0 saturated heterocycles. The predicted octanol–water partition coefficient (Wildman–Crippen LogP) is 0.982. The van der Waals surface area contributed by atoms with Crippen molar-refractivity contribution >= 4 is 16.9 Å². The van der Waals surface area contributed by atoms with Crippen LogP contribution in [0.1, 0.15) is 19.5 Å². The first-order valence-corrected chi connectivity index (χ1v) is 7.57. The van der Waals surface area contributed by atoms with Gasteiger partial charge in [-0.05, 0) is 26.0 Å². The van der Waals surface area contributed by atoms with Gasteiger partial charge in [0.15, 0.2) is 0 Å². The fourth-order valence-corrected chi connectivity index (χ4v) is 2.48. The third-order valence-corrected chi connectivity index (χ3v) is 3.89. The molecule has 2 aromatic heterocycles. The van der Waals surface area contributed by atoms with Gasteiger partial charge in [-0.1, -0.05) is 0 Å². The van der Waals surface area contributed by atoms with Crippen LogP contribution in [-0.4, -0.2) is 38.0 Å². The van der Waals surface area contributed by atoms with Gasteiger partial charge in [-0.2, -0.15) is 13.2 Å². The van der Waals surface area contributed by atoms with Crippen LogP contribution in [0.3, 0.4) is 0 Å². The first kappa shape index (κ1) is 18.7. The lowest BCUT2D eigenvalue weighted by molar-refractivity contribution is -0.141. The van der Waals surface area contributed by atoms with Crippen molar-refractivity contribution in [1.82, 2.24) is 19.0 Å². The predicted molar refractivity (Wildman–Crippen MR) is 84.2 cm³/mol. The number of aryl methyl sites for hydroxylation is 1. The molecule has 10 heteroatoms. The Morgan fingerprint density at radius 1 is 1.20 bits per heavy atom. The smallest absolute Gasteiger partial charge is 0.342 e. The van der Waals surface area contributed by atoms with Gasteiger partial charge >= 0.3 is 11.9 Å². The lowest BCUT2D eigenvalue weighted by Crippen LogP contribution is -2.44. The van der Waals surface area contributed by atoms with Gasteiger partial charge in [0, 0.05) is 20.1 Å². The molecule has 1 amide bonds. The van der Waals surface area contributed by atoms with Crippen LogP contribution in [0.5, 0.6) is 0 Å². The second-order valence-electron chi connectivity index (χ2n) is 5.36. The highest BCUT2D eigenvalue weighted by Gasteiger charge is 2.33. The number of alkyl halides is 3. The van der Waals surface area contributed by atoms with E-state index in [1.54, 1.807) is 13.8 Å². The van der Waals surface area contributed by atoms with Crippen LogP contribution in [0, 0.1) is 0 Å². The number of likely N-dealkylation sites (N-methyl/N-ethyl adjacent to an activating group) is 1. The number of carbonyl (C=O) groups is 1. The molecule has 0 aliphatic carbocycles. The lowest BCUT2D eigenvalue weighted by atomic mass is 10.2.